The van der Waals surface area contributed by atoms with Crippen molar-refractivity contribution < 1.29 is 13.9 Å². The highest BCUT2D eigenvalue weighted by Crippen LogP contribution is 2.24. The molecule has 2 heterocycles. The first-order chi connectivity index (χ1) is 12.3. The van der Waals surface area contributed by atoms with Crippen molar-refractivity contribution in [3.63, 3.8) is 0 Å². The maximum atomic E-state index is 12.4. The zero-order chi connectivity index (χ0) is 17.5. The van der Waals surface area contributed by atoms with E-state index in [0.717, 1.165) is 17.1 Å². The molecule has 2 aromatic heterocycles. The highest BCUT2D eigenvalue weighted by molar-refractivity contribution is 5.76. The van der Waals surface area contributed by atoms with Crippen LogP contribution in [0.4, 0.5) is 0 Å². The number of methoxy groups -OCH3 is 1. The maximum Gasteiger partial charge on any atom is 0.222 e. The number of aromatic nitrogens is 1. The summed E-state index contributed by atoms with van der Waals surface area (Å²) < 4.78 is 12.5. The summed E-state index contributed by atoms with van der Waals surface area (Å²) in [5.41, 5.74) is 1.07. The van der Waals surface area contributed by atoms with E-state index in [-0.39, 0.29) is 11.9 Å². The molecule has 1 aromatic carbocycles. The van der Waals surface area contributed by atoms with Gasteiger partial charge in [0.1, 0.15) is 11.5 Å². The van der Waals surface area contributed by atoms with Crippen molar-refractivity contribution in [2.24, 2.45) is 0 Å². The van der Waals surface area contributed by atoms with Crippen molar-refractivity contribution in [2.75, 3.05) is 13.7 Å². The van der Waals surface area contributed by atoms with Crippen LogP contribution in [0, 0.1) is 0 Å². The first kappa shape index (κ1) is 16.9. The summed E-state index contributed by atoms with van der Waals surface area (Å²) in [6.45, 7) is 0.563. The minimum Gasteiger partial charge on any atom is -0.497 e. The molecule has 0 saturated heterocycles. The number of amides is 1. The second-order valence-corrected chi connectivity index (χ2v) is 5.80. The predicted octanol–water partition coefficient (Wildman–Crippen LogP) is 3.43. The fourth-order valence-corrected chi connectivity index (χ4v) is 2.80. The number of hydrogen-bond acceptors (Lipinski definition) is 3. The second kappa shape index (κ2) is 8.24. The van der Waals surface area contributed by atoms with Gasteiger partial charge in [-0.1, -0.05) is 12.1 Å². The molecule has 0 saturated carbocycles. The number of furan rings is 1. The topological polar surface area (TPSA) is 56.4 Å². The maximum absolute atomic E-state index is 12.4. The summed E-state index contributed by atoms with van der Waals surface area (Å²) in [5, 5.41) is 2.97. The van der Waals surface area contributed by atoms with Gasteiger partial charge in [-0.25, -0.2) is 0 Å². The van der Waals surface area contributed by atoms with Gasteiger partial charge in [-0.05, 0) is 42.0 Å². The smallest absolute Gasteiger partial charge is 0.222 e. The molecule has 0 unspecified atom stereocenters. The normalized spacial score (nSPS) is 11.9. The highest BCUT2D eigenvalue weighted by atomic mass is 16.5. The van der Waals surface area contributed by atoms with Crippen LogP contribution in [-0.4, -0.2) is 24.1 Å². The summed E-state index contributed by atoms with van der Waals surface area (Å²) >= 11 is 0. The number of carbonyl (C=O) groups excluding carboxylic acids is 1. The van der Waals surface area contributed by atoms with Gasteiger partial charge in [-0.15, -0.1) is 0 Å². The minimum absolute atomic E-state index is 0.0149. The van der Waals surface area contributed by atoms with Crippen molar-refractivity contribution in [3.8, 4) is 5.75 Å². The van der Waals surface area contributed by atoms with Crippen LogP contribution in [0.15, 0.2) is 71.6 Å². The third-order valence-corrected chi connectivity index (χ3v) is 4.14. The van der Waals surface area contributed by atoms with Crippen LogP contribution < -0.4 is 10.1 Å². The standard InChI is InChI=1S/C20H22N2O3/c1-24-17-8-6-16(7-9-17)19(22-12-2-3-13-22)15-20(23)21-11-10-18-5-4-14-25-18/h2-9,12-14,19H,10-11,15H2,1H3,(H,21,23)/t19-/m1/s1. The molecule has 0 aliphatic rings. The molecule has 25 heavy (non-hydrogen) atoms. The molecule has 5 nitrogen and oxygen atoms in total. The van der Waals surface area contributed by atoms with Gasteiger partial charge in [0.2, 0.25) is 5.91 Å². The molecule has 0 fully saturated rings. The zero-order valence-corrected chi connectivity index (χ0v) is 14.2. The Balaban J connectivity index is 1.64. The van der Waals surface area contributed by atoms with Crippen molar-refractivity contribution in [3.05, 3.63) is 78.5 Å². The van der Waals surface area contributed by atoms with Crippen LogP contribution in [-0.2, 0) is 11.2 Å². The molecule has 5 heteroatoms. The highest BCUT2D eigenvalue weighted by Gasteiger charge is 2.17. The van der Waals surface area contributed by atoms with E-state index in [1.165, 1.54) is 0 Å². The number of carbonyl (C=O) groups is 1. The minimum atomic E-state index is -0.0514. The second-order valence-electron chi connectivity index (χ2n) is 5.80. The fraction of sp³-hybridized carbons (Fsp3) is 0.250. The SMILES string of the molecule is COc1ccc([C@@H](CC(=O)NCCc2ccco2)n2cccc2)cc1. The number of ether oxygens (including phenoxy) is 1. The lowest BCUT2D eigenvalue weighted by atomic mass is 10.0. The predicted molar refractivity (Wildman–Crippen MR) is 95.6 cm³/mol. The van der Waals surface area contributed by atoms with Gasteiger partial charge in [-0.2, -0.15) is 0 Å². The lowest BCUT2D eigenvalue weighted by Gasteiger charge is -2.19. The number of benzene rings is 1. The van der Waals surface area contributed by atoms with Crippen LogP contribution in [0.2, 0.25) is 0 Å². The van der Waals surface area contributed by atoms with Crippen LogP contribution in [0.3, 0.4) is 0 Å². The summed E-state index contributed by atoms with van der Waals surface area (Å²) in [7, 11) is 1.64. The summed E-state index contributed by atoms with van der Waals surface area (Å²) in [6.07, 6.45) is 6.66. The van der Waals surface area contributed by atoms with Crippen molar-refractivity contribution in [2.45, 2.75) is 18.9 Å². The van der Waals surface area contributed by atoms with E-state index in [4.69, 9.17) is 9.15 Å². The molecule has 0 spiro atoms. The lowest BCUT2D eigenvalue weighted by Crippen LogP contribution is -2.28. The summed E-state index contributed by atoms with van der Waals surface area (Å²) in [5.74, 6) is 1.69. The van der Waals surface area contributed by atoms with Crippen molar-refractivity contribution >= 4 is 5.91 Å². The number of rotatable bonds is 8. The average molecular weight is 338 g/mol. The monoisotopic (exact) mass is 338 g/mol. The van der Waals surface area contributed by atoms with E-state index in [2.05, 4.69) is 5.32 Å². The summed E-state index contributed by atoms with van der Waals surface area (Å²) in [4.78, 5) is 12.4. The Bertz CT molecular complexity index is 762. The van der Waals surface area contributed by atoms with Crippen LogP contribution in [0.5, 0.6) is 5.75 Å². The van der Waals surface area contributed by atoms with Crippen molar-refractivity contribution in [1.29, 1.82) is 0 Å². The molecule has 3 rings (SSSR count). The quantitative estimate of drug-likeness (QED) is 0.685. The zero-order valence-electron chi connectivity index (χ0n) is 14.2. The molecule has 1 amide bonds. The first-order valence-electron chi connectivity index (χ1n) is 8.32. The molecular weight excluding hydrogens is 316 g/mol. The third-order valence-electron chi connectivity index (χ3n) is 4.14. The molecule has 0 radical (unpaired) electrons. The molecule has 130 valence electrons. The Morgan fingerprint density at radius 1 is 1.16 bits per heavy atom. The number of nitrogens with one attached hydrogen (secondary N) is 1. The Hall–Kier alpha value is -2.95. The molecule has 1 N–H and O–H groups in total. The van der Waals surface area contributed by atoms with E-state index in [9.17, 15) is 4.79 Å². The van der Waals surface area contributed by atoms with Gasteiger partial charge >= 0.3 is 0 Å². The Labute approximate surface area is 147 Å². The van der Waals surface area contributed by atoms with E-state index in [0.29, 0.717) is 19.4 Å². The molecule has 1 atom stereocenters. The first-order valence-corrected chi connectivity index (χ1v) is 8.32. The van der Waals surface area contributed by atoms with Gasteiger partial charge in [-0.3, -0.25) is 4.79 Å². The van der Waals surface area contributed by atoms with Gasteiger partial charge in [0.25, 0.3) is 0 Å². The molecule has 3 aromatic rings. The Morgan fingerprint density at radius 3 is 2.56 bits per heavy atom. The average Bonchev–Trinajstić information content (AvgIpc) is 3.34. The molecule has 0 aliphatic carbocycles. The number of hydrogen-bond donors (Lipinski definition) is 1. The van der Waals surface area contributed by atoms with Gasteiger partial charge in [0.15, 0.2) is 0 Å². The van der Waals surface area contributed by atoms with Crippen molar-refractivity contribution in [1.82, 2.24) is 9.88 Å². The molecule has 0 aliphatic heterocycles. The van der Waals surface area contributed by atoms with Crippen LogP contribution in [0.25, 0.3) is 0 Å². The van der Waals surface area contributed by atoms with Crippen LogP contribution >= 0.6 is 0 Å². The Morgan fingerprint density at radius 2 is 1.92 bits per heavy atom. The van der Waals surface area contributed by atoms with Gasteiger partial charge < -0.3 is 19.0 Å². The van der Waals surface area contributed by atoms with E-state index >= 15 is 0 Å². The van der Waals surface area contributed by atoms with Gasteiger partial charge in [0, 0.05) is 25.4 Å². The van der Waals surface area contributed by atoms with Crippen LogP contribution in [0.1, 0.15) is 23.8 Å². The Kier molecular flexibility index (Phi) is 5.57. The van der Waals surface area contributed by atoms with Gasteiger partial charge in [0.05, 0.1) is 25.8 Å². The fourth-order valence-electron chi connectivity index (χ4n) is 2.80. The molecular formula is C20H22N2O3. The van der Waals surface area contributed by atoms with E-state index in [1.54, 1.807) is 13.4 Å². The number of nitrogens with zero attached hydrogens (tertiary/aromatic N) is 1. The largest absolute Gasteiger partial charge is 0.497 e. The molecule has 0 bridgehead atoms. The lowest BCUT2D eigenvalue weighted by molar-refractivity contribution is -0.121. The summed E-state index contributed by atoms with van der Waals surface area (Å²) in [6, 6.07) is 15.5. The van der Waals surface area contributed by atoms with E-state index in [1.807, 2.05) is 65.5 Å². The van der Waals surface area contributed by atoms with E-state index < -0.39 is 0 Å². The third kappa shape index (κ3) is 4.53.